The van der Waals surface area contributed by atoms with Crippen LogP contribution in [-0.4, -0.2) is 48.1 Å². The number of aliphatic hydroxyl groups is 2. The van der Waals surface area contributed by atoms with Crippen molar-refractivity contribution in [2.75, 3.05) is 19.8 Å². The molecule has 0 aromatic carbocycles. The summed E-state index contributed by atoms with van der Waals surface area (Å²) in [7, 11) is 0. The third-order valence-corrected chi connectivity index (χ3v) is 3.49. The second kappa shape index (κ2) is 20.9. The minimum absolute atomic E-state index is 0.133. The molecule has 0 aliphatic carbocycles. The molecule has 0 amide bonds. The topological polar surface area (TPSA) is 93.1 Å². The molecule has 0 bridgehead atoms. The third kappa shape index (κ3) is 28.0. The first-order valence-electron chi connectivity index (χ1n) is 9.49. The van der Waals surface area contributed by atoms with Crippen molar-refractivity contribution in [2.24, 2.45) is 0 Å². The maximum Gasteiger partial charge on any atom is 0.302 e. The van der Waals surface area contributed by atoms with Crippen LogP contribution in [0.3, 0.4) is 0 Å². The number of unbranched alkanes of at least 4 members (excludes halogenated alkanes) is 9. The first-order valence-corrected chi connectivity index (χ1v) is 9.49. The van der Waals surface area contributed by atoms with E-state index in [2.05, 4.69) is 11.7 Å². The molecule has 0 fully saturated rings. The van der Waals surface area contributed by atoms with Gasteiger partial charge in [-0.15, -0.1) is 0 Å². The van der Waals surface area contributed by atoms with E-state index < -0.39 is 12.1 Å². The Morgan fingerprint density at radius 2 is 1.24 bits per heavy atom. The van der Waals surface area contributed by atoms with E-state index in [1.54, 1.807) is 0 Å². The first kappa shape index (κ1) is 26.1. The minimum Gasteiger partial charge on any atom is -0.466 e. The summed E-state index contributed by atoms with van der Waals surface area (Å²) >= 11 is 0. The van der Waals surface area contributed by atoms with Gasteiger partial charge in [0.1, 0.15) is 12.7 Å². The van der Waals surface area contributed by atoms with Gasteiger partial charge in [0.25, 0.3) is 0 Å². The average Bonchev–Trinajstić information content (AvgIpc) is 2.57. The number of carbonyl (C=O) groups excluding carboxylic acids is 2. The Bertz CT molecular complexity index is 306. The molecular weight excluding hydrogens is 324 g/mol. The molecule has 1 unspecified atom stereocenters. The van der Waals surface area contributed by atoms with Gasteiger partial charge in [0.05, 0.1) is 13.2 Å². The van der Waals surface area contributed by atoms with Crippen molar-refractivity contribution < 1.29 is 29.3 Å². The monoisotopic (exact) mass is 362 g/mol. The highest BCUT2D eigenvalue weighted by Crippen LogP contribution is 2.10. The molecule has 0 aromatic rings. The zero-order valence-electron chi connectivity index (χ0n) is 16.3. The molecule has 0 radical (unpaired) electrons. The highest BCUT2D eigenvalue weighted by molar-refractivity contribution is 5.66. The Morgan fingerprint density at radius 3 is 1.64 bits per heavy atom. The van der Waals surface area contributed by atoms with Crippen molar-refractivity contribution in [3.05, 3.63) is 0 Å². The lowest BCUT2D eigenvalue weighted by Gasteiger charge is -2.05. The fourth-order valence-electron chi connectivity index (χ4n) is 2.07. The van der Waals surface area contributed by atoms with Crippen LogP contribution < -0.4 is 0 Å². The summed E-state index contributed by atoms with van der Waals surface area (Å²) in [6.07, 6.45) is 12.2. The number of esters is 2. The van der Waals surface area contributed by atoms with Crippen molar-refractivity contribution in [2.45, 2.75) is 91.1 Å². The normalized spacial score (nSPS) is 11.2. The van der Waals surface area contributed by atoms with Gasteiger partial charge >= 0.3 is 11.9 Å². The number of rotatable bonds is 14. The van der Waals surface area contributed by atoms with Gasteiger partial charge in [0.2, 0.25) is 0 Å². The van der Waals surface area contributed by atoms with E-state index in [-0.39, 0.29) is 19.2 Å². The maximum atomic E-state index is 10.5. The molecule has 0 heterocycles. The lowest BCUT2D eigenvalue weighted by molar-refractivity contribution is -0.144. The van der Waals surface area contributed by atoms with Gasteiger partial charge in [0, 0.05) is 13.8 Å². The van der Waals surface area contributed by atoms with Crippen LogP contribution in [0.5, 0.6) is 0 Å². The molecule has 1 atom stereocenters. The van der Waals surface area contributed by atoms with Crippen LogP contribution in [0.25, 0.3) is 0 Å². The summed E-state index contributed by atoms with van der Waals surface area (Å²) in [5, 5.41) is 16.8. The molecule has 2 N–H and O–H groups in total. The largest absolute Gasteiger partial charge is 0.466 e. The van der Waals surface area contributed by atoms with Gasteiger partial charge in [-0.05, 0) is 6.42 Å². The highest BCUT2D eigenvalue weighted by atomic mass is 16.5. The summed E-state index contributed by atoms with van der Waals surface area (Å²) in [6, 6.07) is 0. The van der Waals surface area contributed by atoms with Gasteiger partial charge in [-0.2, -0.15) is 0 Å². The molecule has 0 aromatic heterocycles. The van der Waals surface area contributed by atoms with E-state index in [4.69, 9.17) is 14.9 Å². The van der Waals surface area contributed by atoms with Crippen LogP contribution in [-0.2, 0) is 19.1 Å². The molecule has 25 heavy (non-hydrogen) atoms. The predicted molar refractivity (Wildman–Crippen MR) is 98.2 cm³/mol. The van der Waals surface area contributed by atoms with Gasteiger partial charge in [0.15, 0.2) is 0 Å². The lowest BCUT2D eigenvalue weighted by atomic mass is 10.1. The van der Waals surface area contributed by atoms with Gasteiger partial charge in [-0.25, -0.2) is 0 Å². The second-order valence-electron chi connectivity index (χ2n) is 6.16. The molecule has 0 rings (SSSR count). The maximum absolute atomic E-state index is 10.5. The number of hydrogen-bond donors (Lipinski definition) is 2. The van der Waals surface area contributed by atoms with Gasteiger partial charge in [-0.3, -0.25) is 9.59 Å². The fraction of sp³-hybridized carbons (Fsp3) is 0.895. The Morgan fingerprint density at radius 1 is 0.800 bits per heavy atom. The summed E-state index contributed by atoms with van der Waals surface area (Å²) in [4.78, 5) is 20.5. The highest BCUT2D eigenvalue weighted by Gasteiger charge is 2.02. The Balaban J connectivity index is 0. The van der Waals surface area contributed by atoms with Crippen molar-refractivity contribution in [3.8, 4) is 0 Å². The Kier molecular flexibility index (Phi) is 21.8. The molecule has 0 aliphatic heterocycles. The van der Waals surface area contributed by atoms with E-state index in [1.165, 1.54) is 71.6 Å². The SMILES string of the molecule is CC(=O)OCC(O)CO.CCCCCCCCCCCCOC(C)=O. The number of carbonyl (C=O) groups is 2. The summed E-state index contributed by atoms with van der Waals surface area (Å²) in [5.74, 6) is -0.613. The molecule has 0 aliphatic rings. The fourth-order valence-corrected chi connectivity index (χ4v) is 2.07. The smallest absolute Gasteiger partial charge is 0.302 e. The Labute approximate surface area is 152 Å². The lowest BCUT2D eigenvalue weighted by Crippen LogP contribution is -2.20. The second-order valence-corrected chi connectivity index (χ2v) is 6.16. The van der Waals surface area contributed by atoms with E-state index in [0.717, 1.165) is 6.42 Å². The standard InChI is InChI=1S/C14H28O2.C5H10O4/c1-3-4-5-6-7-8-9-10-11-12-13-16-14(2)15;1-4(7)9-3-5(8)2-6/h3-13H2,1-2H3;5-6,8H,2-3H2,1H3. The van der Waals surface area contributed by atoms with Crippen molar-refractivity contribution in [1.29, 1.82) is 0 Å². The average molecular weight is 363 g/mol. The molecule has 150 valence electrons. The first-order chi connectivity index (χ1) is 11.9. The third-order valence-electron chi connectivity index (χ3n) is 3.49. The number of aliphatic hydroxyl groups excluding tert-OH is 2. The summed E-state index contributed by atoms with van der Waals surface area (Å²) in [5.41, 5.74) is 0. The van der Waals surface area contributed by atoms with Crippen molar-refractivity contribution in [3.63, 3.8) is 0 Å². The van der Waals surface area contributed by atoms with E-state index >= 15 is 0 Å². The minimum atomic E-state index is -0.950. The zero-order valence-corrected chi connectivity index (χ0v) is 16.3. The molecule has 6 heteroatoms. The van der Waals surface area contributed by atoms with Gasteiger partial charge < -0.3 is 19.7 Å². The van der Waals surface area contributed by atoms with Crippen LogP contribution >= 0.6 is 0 Å². The Hall–Kier alpha value is -1.14. The molecule has 0 saturated carbocycles. The molecular formula is C19H38O6. The van der Waals surface area contributed by atoms with Crippen LogP contribution in [0, 0.1) is 0 Å². The van der Waals surface area contributed by atoms with Crippen molar-refractivity contribution in [1.82, 2.24) is 0 Å². The predicted octanol–water partition coefficient (Wildman–Crippen LogP) is 3.37. The van der Waals surface area contributed by atoms with Crippen LogP contribution in [0.4, 0.5) is 0 Å². The summed E-state index contributed by atoms with van der Waals surface area (Å²) < 4.78 is 9.22. The number of hydrogen-bond acceptors (Lipinski definition) is 6. The van der Waals surface area contributed by atoms with Crippen LogP contribution in [0.2, 0.25) is 0 Å². The van der Waals surface area contributed by atoms with E-state index in [9.17, 15) is 9.59 Å². The quantitative estimate of drug-likeness (QED) is 0.363. The number of ether oxygens (including phenoxy) is 2. The molecule has 0 saturated heterocycles. The van der Waals surface area contributed by atoms with Crippen LogP contribution in [0.1, 0.15) is 85.0 Å². The van der Waals surface area contributed by atoms with Crippen molar-refractivity contribution >= 4 is 11.9 Å². The molecule has 6 nitrogen and oxygen atoms in total. The van der Waals surface area contributed by atoms with E-state index in [0.29, 0.717) is 6.61 Å². The van der Waals surface area contributed by atoms with Crippen LogP contribution in [0.15, 0.2) is 0 Å². The molecule has 0 spiro atoms. The summed E-state index contributed by atoms with van der Waals surface area (Å²) in [6.45, 7) is 5.05. The van der Waals surface area contributed by atoms with E-state index in [1.807, 2.05) is 0 Å². The zero-order chi connectivity index (χ0) is 19.3. The van der Waals surface area contributed by atoms with Gasteiger partial charge in [-0.1, -0.05) is 64.7 Å².